The van der Waals surface area contributed by atoms with Crippen LogP contribution in [0, 0.1) is 11.8 Å². The van der Waals surface area contributed by atoms with Crippen molar-refractivity contribution < 1.29 is 19.4 Å². The van der Waals surface area contributed by atoms with Crippen LogP contribution < -0.4 is 15.2 Å². The van der Waals surface area contributed by atoms with Crippen LogP contribution in [-0.2, 0) is 11.2 Å². The van der Waals surface area contributed by atoms with Crippen molar-refractivity contribution in [3.63, 3.8) is 0 Å². The molecule has 1 aromatic carbocycles. The Kier molecular flexibility index (Phi) is 11.8. The van der Waals surface area contributed by atoms with Crippen molar-refractivity contribution in [1.82, 2.24) is 4.90 Å². The molecule has 0 saturated carbocycles. The molecule has 172 valence electrons. The molecule has 0 aromatic heterocycles. The minimum absolute atomic E-state index is 0.278. The Morgan fingerprint density at radius 2 is 1.77 bits per heavy atom. The van der Waals surface area contributed by atoms with Gasteiger partial charge < -0.3 is 20.3 Å². The molecule has 0 radical (unpaired) electrons. The largest absolute Gasteiger partial charge is 0.493 e. The molecule has 2 aliphatic heterocycles. The van der Waals surface area contributed by atoms with Gasteiger partial charge in [0.2, 0.25) is 0 Å². The van der Waals surface area contributed by atoms with Gasteiger partial charge in [0, 0.05) is 19.1 Å². The first-order valence-corrected chi connectivity index (χ1v) is 11.2. The van der Waals surface area contributed by atoms with E-state index in [1.807, 2.05) is 0 Å². The highest BCUT2D eigenvalue weighted by molar-refractivity contribution is 5.68. The van der Waals surface area contributed by atoms with Crippen molar-refractivity contribution in [2.75, 3.05) is 33.9 Å². The van der Waals surface area contributed by atoms with E-state index in [1.165, 1.54) is 49.9 Å². The Bertz CT molecular complexity index is 648. The van der Waals surface area contributed by atoms with Crippen LogP contribution in [0.15, 0.2) is 12.1 Å². The molecule has 0 spiro atoms. The molecule has 6 nitrogen and oxygen atoms in total. The van der Waals surface area contributed by atoms with Crippen LogP contribution in [-0.4, -0.2) is 49.8 Å². The predicted octanol–water partition coefficient (Wildman–Crippen LogP) is 4.51. The van der Waals surface area contributed by atoms with E-state index in [0.717, 1.165) is 29.8 Å². The number of methoxy groups -OCH3 is 2. The normalized spacial score (nSPS) is 20.0. The second-order valence-electron chi connectivity index (χ2n) is 8.54. The summed E-state index contributed by atoms with van der Waals surface area (Å²) in [6.07, 6.45) is 6.37. The summed E-state index contributed by atoms with van der Waals surface area (Å²) in [5.74, 6) is 2.45. The third kappa shape index (κ3) is 7.80. The number of nitrogens with zero attached hydrogens (tertiary/aromatic N) is 1. The van der Waals surface area contributed by atoms with Crippen LogP contribution in [0.2, 0.25) is 0 Å². The summed E-state index contributed by atoms with van der Waals surface area (Å²) in [6.45, 7) is 11.1. The Morgan fingerprint density at radius 3 is 2.27 bits per heavy atom. The number of carboxylic acids is 1. The third-order valence-corrected chi connectivity index (χ3v) is 5.43. The Balaban J connectivity index is 0.000000485. The number of hydrogen-bond acceptors (Lipinski definition) is 5. The molecule has 3 N–H and O–H groups in total. The Morgan fingerprint density at radius 1 is 1.20 bits per heavy atom. The zero-order chi connectivity index (χ0) is 22.7. The van der Waals surface area contributed by atoms with Gasteiger partial charge in [-0.2, -0.15) is 0 Å². The van der Waals surface area contributed by atoms with Crippen molar-refractivity contribution >= 4 is 5.97 Å². The van der Waals surface area contributed by atoms with Crippen LogP contribution in [0.1, 0.15) is 70.5 Å². The number of ether oxygens (including phenoxy) is 2. The fourth-order valence-electron chi connectivity index (χ4n) is 4.31. The van der Waals surface area contributed by atoms with E-state index in [-0.39, 0.29) is 6.54 Å². The van der Waals surface area contributed by atoms with Crippen LogP contribution in [0.3, 0.4) is 0 Å². The second kappa shape index (κ2) is 13.5. The molecule has 6 heteroatoms. The monoisotopic (exact) mass is 422 g/mol. The number of rotatable bonds is 5. The molecule has 0 aliphatic carbocycles. The van der Waals surface area contributed by atoms with Gasteiger partial charge in [-0.15, -0.1) is 0 Å². The Hall–Kier alpha value is -1.79. The van der Waals surface area contributed by atoms with Crippen LogP contribution in [0.5, 0.6) is 11.5 Å². The quantitative estimate of drug-likeness (QED) is 0.726. The van der Waals surface area contributed by atoms with E-state index in [2.05, 4.69) is 50.5 Å². The highest BCUT2D eigenvalue weighted by Crippen LogP contribution is 2.43. The van der Waals surface area contributed by atoms with E-state index in [1.54, 1.807) is 14.2 Å². The number of fused-ring (bicyclic) bond motifs is 3. The van der Waals surface area contributed by atoms with E-state index >= 15 is 0 Å². The fraction of sp³-hybridized carbons (Fsp3) is 0.708. The lowest BCUT2D eigenvalue weighted by Gasteiger charge is -2.44. The zero-order valence-corrected chi connectivity index (χ0v) is 19.7. The lowest BCUT2D eigenvalue weighted by atomic mass is 9.81. The number of piperidine rings is 1. The maximum Gasteiger partial charge on any atom is 0.317 e. The van der Waals surface area contributed by atoms with Crippen LogP contribution >= 0.6 is 0 Å². The smallest absolute Gasteiger partial charge is 0.317 e. The van der Waals surface area contributed by atoms with Gasteiger partial charge in [0.25, 0.3) is 0 Å². The molecule has 0 bridgehead atoms. The molecule has 1 saturated heterocycles. The molecule has 1 aromatic rings. The molecule has 1 fully saturated rings. The van der Waals surface area contributed by atoms with E-state index in [9.17, 15) is 4.79 Å². The molecule has 2 atom stereocenters. The minimum atomic E-state index is -0.968. The third-order valence-electron chi connectivity index (χ3n) is 5.43. The molecule has 1 unspecified atom stereocenters. The summed E-state index contributed by atoms with van der Waals surface area (Å²) in [5, 5.41) is 7.60. The van der Waals surface area contributed by atoms with Gasteiger partial charge in [-0.25, -0.2) is 0 Å². The summed E-state index contributed by atoms with van der Waals surface area (Å²) >= 11 is 0. The molecule has 2 aliphatic rings. The van der Waals surface area contributed by atoms with Crippen molar-refractivity contribution in [3.8, 4) is 11.5 Å². The fourth-order valence-corrected chi connectivity index (χ4v) is 4.31. The maximum atomic E-state index is 9.24. The van der Waals surface area contributed by atoms with Gasteiger partial charge in [-0.05, 0) is 60.8 Å². The molecule has 3 rings (SSSR count). The van der Waals surface area contributed by atoms with Crippen LogP contribution in [0.25, 0.3) is 0 Å². The van der Waals surface area contributed by atoms with E-state index in [4.69, 9.17) is 14.6 Å². The SMILES string of the molecule is CCC.COc1cc2c(cc1OC)C1CC[C@H](CC(C)C)CN1CC2.NCC(=O)O. The van der Waals surface area contributed by atoms with Crippen molar-refractivity contribution in [2.45, 2.75) is 65.8 Å². The highest BCUT2D eigenvalue weighted by Gasteiger charge is 2.34. The molecular weight excluding hydrogens is 380 g/mol. The number of benzene rings is 1. The average Bonchev–Trinajstić information content (AvgIpc) is 2.72. The van der Waals surface area contributed by atoms with Gasteiger partial charge in [-0.3, -0.25) is 9.69 Å². The summed E-state index contributed by atoms with van der Waals surface area (Å²) in [6, 6.07) is 4.98. The summed E-state index contributed by atoms with van der Waals surface area (Å²) in [7, 11) is 3.45. The van der Waals surface area contributed by atoms with Gasteiger partial charge in [-0.1, -0.05) is 34.1 Å². The first kappa shape index (κ1) is 26.2. The van der Waals surface area contributed by atoms with Crippen LogP contribution in [0.4, 0.5) is 0 Å². The lowest BCUT2D eigenvalue weighted by molar-refractivity contribution is -0.135. The summed E-state index contributed by atoms with van der Waals surface area (Å²) < 4.78 is 11.0. The first-order valence-electron chi connectivity index (χ1n) is 11.2. The van der Waals surface area contributed by atoms with Crippen molar-refractivity contribution in [2.24, 2.45) is 17.6 Å². The second-order valence-corrected chi connectivity index (χ2v) is 8.54. The van der Waals surface area contributed by atoms with Gasteiger partial charge in [0.05, 0.1) is 20.8 Å². The Labute approximate surface area is 182 Å². The molecule has 2 heterocycles. The zero-order valence-electron chi connectivity index (χ0n) is 19.7. The summed E-state index contributed by atoms with van der Waals surface area (Å²) in [4.78, 5) is 11.9. The summed E-state index contributed by atoms with van der Waals surface area (Å²) in [5.41, 5.74) is 7.48. The van der Waals surface area contributed by atoms with Crippen molar-refractivity contribution in [3.05, 3.63) is 23.3 Å². The first-order chi connectivity index (χ1) is 14.3. The number of nitrogens with two attached hydrogens (primary N) is 1. The lowest BCUT2D eigenvalue weighted by Crippen LogP contribution is -2.42. The molecule has 0 amide bonds. The molecular formula is C24H42N2O4. The van der Waals surface area contributed by atoms with Crippen molar-refractivity contribution in [1.29, 1.82) is 0 Å². The molecule has 30 heavy (non-hydrogen) atoms. The standard InChI is InChI=1S/C19H29NO2.C3H8.C2H5NO2/c1-13(2)9-14-5-6-17-16-11-19(22-4)18(21-3)10-15(16)7-8-20(17)12-14;1-3-2;3-1-2(4)5/h10-11,13-14,17H,5-9,12H2,1-4H3;3H2,1-2H3;1,3H2,(H,4,5)/t14-,17?;;/m1../s1. The number of aliphatic carboxylic acids is 1. The maximum absolute atomic E-state index is 9.24. The minimum Gasteiger partial charge on any atom is -0.493 e. The van der Waals surface area contributed by atoms with Gasteiger partial charge >= 0.3 is 5.97 Å². The van der Waals surface area contributed by atoms with Gasteiger partial charge in [0.1, 0.15) is 0 Å². The predicted molar refractivity (Wildman–Crippen MR) is 122 cm³/mol. The topological polar surface area (TPSA) is 85.0 Å². The number of carboxylic acid groups (broad SMARTS) is 1. The number of hydrogen-bond donors (Lipinski definition) is 2. The average molecular weight is 423 g/mol. The highest BCUT2D eigenvalue weighted by atomic mass is 16.5. The number of carbonyl (C=O) groups is 1. The van der Waals surface area contributed by atoms with E-state index < -0.39 is 5.97 Å². The van der Waals surface area contributed by atoms with Gasteiger partial charge in [0.15, 0.2) is 11.5 Å². The van der Waals surface area contributed by atoms with E-state index in [0.29, 0.717) is 6.04 Å².